The molecular formula is C74H80F8N8O4S2. The van der Waals surface area contributed by atoms with Gasteiger partial charge in [-0.15, -0.1) is 0 Å². The maximum absolute atomic E-state index is 14.8. The van der Waals surface area contributed by atoms with Crippen LogP contribution in [0.15, 0.2) is 165 Å². The molecule has 2 aliphatic rings. The molecule has 2 atom stereocenters. The highest BCUT2D eigenvalue weighted by Gasteiger charge is 2.33. The minimum atomic E-state index is -4.55. The first kappa shape index (κ1) is 57.2. The Kier molecular flexibility index (Phi) is 19.6. The number of halogens is 8. The van der Waals surface area contributed by atoms with Gasteiger partial charge in [0, 0.05) is 73.6 Å². The van der Waals surface area contributed by atoms with Crippen molar-refractivity contribution < 1.29 is 61.2 Å². The van der Waals surface area contributed by atoms with Crippen LogP contribution in [0.5, 0.6) is 0 Å². The molecule has 0 saturated heterocycles. The Labute approximate surface area is 580 Å². The van der Waals surface area contributed by atoms with Crippen LogP contribution in [-0.4, -0.2) is 103 Å². The molecule has 2 heterocycles. The van der Waals surface area contributed by atoms with Crippen molar-refractivity contribution in [3.05, 3.63) is 234 Å². The lowest BCUT2D eigenvalue weighted by Gasteiger charge is -2.33. The Morgan fingerprint density at radius 2 is 0.990 bits per heavy atom. The Morgan fingerprint density at radius 1 is 0.573 bits per heavy atom. The number of hydrogen-bond donors (Lipinski definition) is 0. The molecule has 6 aromatic carbocycles. The molecule has 0 spiro atoms. The van der Waals surface area contributed by atoms with E-state index >= 15 is 0 Å². The zero-order valence-corrected chi connectivity index (χ0v) is 55.2. The molecule has 0 radical (unpaired) electrons. The Balaban J connectivity index is 0.000000251. The quantitative estimate of drug-likeness (QED) is 0.0295. The van der Waals surface area contributed by atoms with E-state index in [2.05, 4.69) is 14.9 Å². The van der Waals surface area contributed by atoms with Crippen LogP contribution in [0.1, 0.15) is 126 Å². The van der Waals surface area contributed by atoms with E-state index in [4.69, 9.17) is 6.85 Å². The molecular weight excluding hydrogens is 1280 g/mol. The average molecular weight is 1370 g/mol. The smallest absolute Gasteiger partial charge is 0.336 e. The molecule has 2 amide bonds. The molecule has 0 N–H and O–H groups in total. The van der Waals surface area contributed by atoms with Crippen LogP contribution >= 0.6 is 23.5 Å². The summed E-state index contributed by atoms with van der Waals surface area (Å²) in [5, 5.41) is -0.552. The number of alkyl halides is 6. The Bertz CT molecular complexity index is 4650. The maximum atomic E-state index is 14.8. The van der Waals surface area contributed by atoms with Gasteiger partial charge in [0.1, 0.15) is 24.6 Å². The summed E-state index contributed by atoms with van der Waals surface area (Å²) in [7, 11) is 0. The van der Waals surface area contributed by atoms with Crippen molar-refractivity contribution in [2.75, 3.05) is 52.4 Å². The van der Waals surface area contributed by atoms with Gasteiger partial charge < -0.3 is 28.7 Å². The second-order valence-electron chi connectivity index (χ2n) is 22.5. The Morgan fingerprint density at radius 3 is 1.46 bits per heavy atom. The first-order valence-electron chi connectivity index (χ1n) is 37.1. The predicted octanol–water partition coefficient (Wildman–Crippen LogP) is 15.2. The fourth-order valence-electron chi connectivity index (χ4n) is 10.7. The summed E-state index contributed by atoms with van der Waals surface area (Å²) in [4.78, 5) is 70.0. The second-order valence-corrected chi connectivity index (χ2v) is 24.4. The lowest BCUT2D eigenvalue weighted by Crippen LogP contribution is -2.42. The highest BCUT2D eigenvalue weighted by molar-refractivity contribution is 7.98. The number of aromatic nitrogens is 4. The molecule has 0 saturated carbocycles. The Hall–Kier alpha value is -7.92. The minimum Gasteiger partial charge on any atom is -0.336 e. The third-order valence-electron chi connectivity index (χ3n) is 16.3. The van der Waals surface area contributed by atoms with E-state index in [1.165, 1.54) is 89.2 Å². The zero-order chi connectivity index (χ0) is 79.7. The van der Waals surface area contributed by atoms with Crippen molar-refractivity contribution in [1.82, 2.24) is 38.7 Å². The number of amides is 2. The zero-order valence-electron chi connectivity index (χ0n) is 65.6. The molecule has 508 valence electrons. The highest BCUT2D eigenvalue weighted by atomic mass is 32.2. The van der Waals surface area contributed by atoms with Crippen molar-refractivity contribution in [1.29, 1.82) is 0 Å². The fourth-order valence-corrected chi connectivity index (χ4v) is 12.5. The molecule has 96 heavy (non-hydrogen) atoms. The highest BCUT2D eigenvalue weighted by Crippen LogP contribution is 2.35. The summed E-state index contributed by atoms with van der Waals surface area (Å²) in [5.74, 6) is -6.06. The lowest BCUT2D eigenvalue weighted by atomic mass is 9.99. The van der Waals surface area contributed by atoms with Gasteiger partial charge in [-0.05, 0) is 164 Å². The van der Waals surface area contributed by atoms with E-state index < -0.39 is 125 Å². The third kappa shape index (κ3) is 18.8. The normalized spacial score (nSPS) is 18.4. The van der Waals surface area contributed by atoms with Crippen LogP contribution in [0.4, 0.5) is 35.1 Å². The third-order valence-corrected chi connectivity index (χ3v) is 18.3. The van der Waals surface area contributed by atoms with Gasteiger partial charge in [0.15, 0.2) is 10.3 Å². The summed E-state index contributed by atoms with van der Waals surface area (Å²) < 4.78 is 217. The van der Waals surface area contributed by atoms with Gasteiger partial charge >= 0.3 is 12.4 Å². The summed E-state index contributed by atoms with van der Waals surface area (Å²) in [6.45, 7) is 3.30. The van der Waals surface area contributed by atoms with Gasteiger partial charge in [-0.3, -0.25) is 19.2 Å². The van der Waals surface area contributed by atoms with Gasteiger partial charge in [0.2, 0.25) is 11.8 Å². The number of rotatable bonds is 26. The number of fused-ring (bicyclic) bond motifs is 2. The lowest BCUT2D eigenvalue weighted by molar-refractivity contribution is -0.138. The molecule has 2 aromatic heterocycles. The molecule has 0 bridgehead atoms. The van der Waals surface area contributed by atoms with Crippen molar-refractivity contribution >= 4 is 35.3 Å². The largest absolute Gasteiger partial charge is 0.416 e. The van der Waals surface area contributed by atoms with E-state index in [0.717, 1.165) is 55.1 Å². The van der Waals surface area contributed by atoms with Crippen molar-refractivity contribution in [2.24, 2.45) is 5.89 Å². The molecule has 0 fully saturated rings. The summed E-state index contributed by atoms with van der Waals surface area (Å²) in [5.41, 5.74) is -1.12. The minimum absolute atomic E-state index is 0.00849. The van der Waals surface area contributed by atoms with E-state index in [0.29, 0.717) is 123 Å². The van der Waals surface area contributed by atoms with Crippen LogP contribution in [0.3, 0.4) is 0 Å². The summed E-state index contributed by atoms with van der Waals surface area (Å²) in [6, 6.07) is 30.3. The molecule has 2 aliphatic carbocycles. The van der Waals surface area contributed by atoms with Crippen LogP contribution in [0.25, 0.3) is 22.3 Å². The van der Waals surface area contributed by atoms with Gasteiger partial charge in [0.25, 0.3) is 11.1 Å². The number of benzene rings is 6. The van der Waals surface area contributed by atoms with Crippen LogP contribution in [0.2, 0.25) is 0 Å². The standard InChI is InChI=1S/2C37H40F4N4O2S/c1-4-43(5-2)18-19-44(22-26-6-10-28(11-7-26)29-12-14-30(15-13-29)37(39,40)41)34(46)23-45-33-21-25(3)20-32(33)35(47)42-36(45)48-24-27-8-16-31(38)17-9-27;1-4-43(5-2)21-22-44(25(3)27-11-13-28(14-12-27)29-15-17-30(18-16-29)37(39,40)41)34(46)23-45-33-8-6-7-32(33)35(47)42-36(45)48-24-26-9-19-31(38)20-10-26/h6-17,25H,4-5,18-24H2,1-3H3;9-20,25H,4-8,21-24H2,1-3H3/i20D2,21D2,22D2,23D2,25D;23D2,25D. The van der Waals surface area contributed by atoms with Crippen molar-refractivity contribution in [2.45, 2.75) is 133 Å². The molecule has 2 unspecified atom stereocenters. The van der Waals surface area contributed by atoms with Gasteiger partial charge in [-0.25, -0.2) is 8.78 Å². The van der Waals surface area contributed by atoms with Gasteiger partial charge in [-0.2, -0.15) is 36.3 Å². The van der Waals surface area contributed by atoms with Crippen molar-refractivity contribution in [3.8, 4) is 22.3 Å². The topological polar surface area (TPSA) is 117 Å². The summed E-state index contributed by atoms with van der Waals surface area (Å²) in [6.07, 6.45) is -13.8. The number of likely N-dealkylation sites (N-methyl/N-ethyl adjacent to an activating group) is 2. The van der Waals surface area contributed by atoms with Gasteiger partial charge in [0.05, 0.1) is 26.7 Å². The van der Waals surface area contributed by atoms with E-state index in [1.807, 2.05) is 32.6 Å². The van der Waals surface area contributed by atoms with E-state index in [9.17, 15) is 63.9 Å². The van der Waals surface area contributed by atoms with Gasteiger partial charge in [-0.1, -0.05) is 155 Å². The van der Waals surface area contributed by atoms with E-state index in [-0.39, 0.29) is 35.3 Å². The number of nitrogens with zero attached hydrogens (tertiary/aromatic N) is 8. The van der Waals surface area contributed by atoms with E-state index in [1.54, 1.807) is 36.4 Å². The first-order valence-corrected chi connectivity index (χ1v) is 33.1. The molecule has 8 aromatic rings. The summed E-state index contributed by atoms with van der Waals surface area (Å²) >= 11 is 1.75. The molecule has 22 heteroatoms. The SMILES string of the molecule is [2H]C(C)(c1ccc(-c2ccc(C(F)(F)F)cc2)cc1)N(CCN(CC)CC)C(=O)C([2H])([2H])n1c(SCc2ccc(F)cc2)nc(=O)c2c1CCC2.[2H]C([2H])(c1ccc(-c2ccc(C(F)(F)F)cc2)cc1)N(CCN(CC)CC)C(=O)C([2H])([2H])n1c(SCc2ccc(F)cc2)nc(=O)c2c1C([2H])([2H])C([2H])(C)C2([2H])[2H]. The van der Waals surface area contributed by atoms with Crippen LogP contribution in [-0.2, 0) is 78.5 Å². The number of carbonyl (C=O) groups excluding carboxylic acids is 2. The van der Waals surface area contributed by atoms with Crippen LogP contribution < -0.4 is 11.1 Å². The maximum Gasteiger partial charge on any atom is 0.416 e. The monoisotopic (exact) mass is 1370 g/mol. The predicted molar refractivity (Wildman–Crippen MR) is 362 cm³/mol. The molecule has 10 rings (SSSR count). The molecule has 12 nitrogen and oxygen atoms in total. The second kappa shape index (κ2) is 32.9. The average Bonchev–Trinajstić information content (AvgIpc) is 1.51. The number of thioether (sulfide) groups is 2. The number of carbonyl (C=O) groups is 2. The molecule has 0 aliphatic heterocycles. The fraction of sp³-hybridized carbons (Fsp3) is 0.378. The number of hydrogen-bond acceptors (Lipinski definition) is 10. The van der Waals surface area contributed by atoms with Crippen LogP contribution in [0, 0.1) is 17.5 Å². The first-order chi connectivity index (χ1) is 50.4. The van der Waals surface area contributed by atoms with Crippen molar-refractivity contribution in [3.63, 3.8) is 0 Å².